The molecule has 0 bridgehead atoms. The number of carbonyl (C=O) groups excluding carboxylic acids is 2. The predicted octanol–water partition coefficient (Wildman–Crippen LogP) is 0.953. The summed E-state index contributed by atoms with van der Waals surface area (Å²) >= 11 is 5.81. The van der Waals surface area contributed by atoms with Gasteiger partial charge in [-0.25, -0.2) is 4.79 Å². The first kappa shape index (κ1) is 12.3. The number of ether oxygens (including phenoxy) is 1. The molecular formula is C10H11ClN2O3. The van der Waals surface area contributed by atoms with Crippen molar-refractivity contribution in [2.24, 2.45) is 5.73 Å². The van der Waals surface area contributed by atoms with Crippen LogP contribution in [-0.2, 0) is 9.53 Å². The topological polar surface area (TPSA) is 95.4 Å². The van der Waals surface area contributed by atoms with Gasteiger partial charge in [0.2, 0.25) is 0 Å². The molecule has 86 valence electrons. The van der Waals surface area contributed by atoms with Gasteiger partial charge >= 0.3 is 5.97 Å². The van der Waals surface area contributed by atoms with Crippen molar-refractivity contribution in [1.29, 1.82) is 0 Å². The summed E-state index contributed by atoms with van der Waals surface area (Å²) in [5.41, 5.74) is 10.8. The Labute approximate surface area is 97.3 Å². The van der Waals surface area contributed by atoms with Gasteiger partial charge in [0, 0.05) is 0 Å². The molecule has 0 fully saturated rings. The van der Waals surface area contributed by atoms with E-state index in [1.54, 1.807) is 12.1 Å². The number of amides is 1. The Morgan fingerprint density at radius 3 is 2.62 bits per heavy atom. The summed E-state index contributed by atoms with van der Waals surface area (Å²) in [6.07, 6.45) is -1.01. The molecule has 0 saturated carbocycles. The zero-order valence-corrected chi connectivity index (χ0v) is 9.32. The van der Waals surface area contributed by atoms with Crippen LogP contribution >= 0.6 is 11.6 Å². The maximum Gasteiger partial charge on any atom is 0.340 e. The molecule has 0 radical (unpaired) electrons. The van der Waals surface area contributed by atoms with E-state index in [2.05, 4.69) is 0 Å². The highest BCUT2D eigenvalue weighted by atomic mass is 35.5. The Hall–Kier alpha value is -1.75. The molecule has 1 amide bonds. The minimum atomic E-state index is -1.01. The first-order chi connectivity index (χ1) is 7.43. The van der Waals surface area contributed by atoms with Gasteiger partial charge in [0.15, 0.2) is 6.10 Å². The van der Waals surface area contributed by atoms with E-state index in [-0.39, 0.29) is 16.3 Å². The van der Waals surface area contributed by atoms with Gasteiger partial charge in [0.25, 0.3) is 5.91 Å². The summed E-state index contributed by atoms with van der Waals surface area (Å²) in [5, 5.41) is 0.101. The lowest BCUT2D eigenvalue weighted by atomic mass is 10.2. The van der Waals surface area contributed by atoms with Crippen molar-refractivity contribution in [2.45, 2.75) is 13.0 Å². The van der Waals surface area contributed by atoms with Crippen LogP contribution in [0.1, 0.15) is 17.3 Å². The van der Waals surface area contributed by atoms with Gasteiger partial charge in [0.1, 0.15) is 0 Å². The standard InChI is InChI=1S/C10H11ClN2O3/c1-5(9(13)14)16-10(15)6-3-2-4-7(12)8(6)11/h2-5H,12H2,1H3,(H2,13,14). The Bertz CT molecular complexity index is 434. The van der Waals surface area contributed by atoms with E-state index >= 15 is 0 Å². The van der Waals surface area contributed by atoms with E-state index in [1.165, 1.54) is 13.0 Å². The number of anilines is 1. The maximum atomic E-state index is 11.6. The second kappa shape index (κ2) is 4.85. The molecule has 0 spiro atoms. The number of rotatable bonds is 3. The van der Waals surface area contributed by atoms with Crippen LogP contribution in [0.3, 0.4) is 0 Å². The molecular weight excluding hydrogens is 232 g/mol. The minimum Gasteiger partial charge on any atom is -0.449 e. The van der Waals surface area contributed by atoms with E-state index in [0.29, 0.717) is 0 Å². The van der Waals surface area contributed by atoms with E-state index in [0.717, 1.165) is 0 Å². The molecule has 1 unspecified atom stereocenters. The van der Waals surface area contributed by atoms with Gasteiger partial charge in [-0.2, -0.15) is 0 Å². The summed E-state index contributed by atoms with van der Waals surface area (Å²) in [4.78, 5) is 22.3. The van der Waals surface area contributed by atoms with Crippen molar-refractivity contribution in [1.82, 2.24) is 0 Å². The lowest BCUT2D eigenvalue weighted by Crippen LogP contribution is -2.30. The van der Waals surface area contributed by atoms with E-state index < -0.39 is 18.0 Å². The van der Waals surface area contributed by atoms with Crippen molar-refractivity contribution in [3.63, 3.8) is 0 Å². The van der Waals surface area contributed by atoms with Crippen LogP contribution in [0.4, 0.5) is 5.69 Å². The molecule has 0 aliphatic rings. The van der Waals surface area contributed by atoms with Gasteiger partial charge in [-0.3, -0.25) is 4.79 Å². The zero-order valence-electron chi connectivity index (χ0n) is 8.57. The normalized spacial score (nSPS) is 11.9. The summed E-state index contributed by atoms with van der Waals surface area (Å²) in [6.45, 7) is 1.38. The molecule has 0 saturated heterocycles. The van der Waals surface area contributed by atoms with Crippen LogP contribution in [-0.4, -0.2) is 18.0 Å². The first-order valence-electron chi connectivity index (χ1n) is 4.47. The summed E-state index contributed by atoms with van der Waals surface area (Å²) in [7, 11) is 0. The molecule has 1 aromatic rings. The van der Waals surface area contributed by atoms with Crippen molar-refractivity contribution in [3.8, 4) is 0 Å². The average Bonchev–Trinajstić information content (AvgIpc) is 2.21. The molecule has 16 heavy (non-hydrogen) atoms. The van der Waals surface area contributed by atoms with Crippen molar-refractivity contribution in [3.05, 3.63) is 28.8 Å². The largest absolute Gasteiger partial charge is 0.449 e. The third-order valence-electron chi connectivity index (χ3n) is 1.93. The lowest BCUT2D eigenvalue weighted by molar-refractivity contribution is -0.125. The highest BCUT2D eigenvalue weighted by Crippen LogP contribution is 2.23. The minimum absolute atomic E-state index is 0.101. The van der Waals surface area contributed by atoms with Crippen molar-refractivity contribution >= 4 is 29.2 Å². The molecule has 0 aromatic heterocycles. The molecule has 0 aliphatic carbocycles. The fraction of sp³-hybridized carbons (Fsp3) is 0.200. The molecule has 1 aromatic carbocycles. The van der Waals surface area contributed by atoms with Crippen LogP contribution in [0.2, 0.25) is 5.02 Å². The average molecular weight is 243 g/mol. The van der Waals surface area contributed by atoms with Crippen molar-refractivity contribution in [2.75, 3.05) is 5.73 Å². The number of carbonyl (C=O) groups is 2. The van der Waals surface area contributed by atoms with E-state index in [9.17, 15) is 9.59 Å². The van der Waals surface area contributed by atoms with Gasteiger partial charge in [0.05, 0.1) is 16.3 Å². The van der Waals surface area contributed by atoms with Crippen LogP contribution in [0.5, 0.6) is 0 Å². The van der Waals surface area contributed by atoms with Gasteiger partial charge < -0.3 is 16.2 Å². The van der Waals surface area contributed by atoms with Crippen LogP contribution in [0, 0.1) is 0 Å². The monoisotopic (exact) mass is 242 g/mol. The Kier molecular flexibility index (Phi) is 3.73. The van der Waals surface area contributed by atoms with Crippen LogP contribution in [0.25, 0.3) is 0 Å². The third kappa shape index (κ3) is 2.64. The second-order valence-electron chi connectivity index (χ2n) is 3.16. The molecule has 5 nitrogen and oxygen atoms in total. The Morgan fingerprint density at radius 2 is 2.06 bits per heavy atom. The van der Waals surface area contributed by atoms with E-state index in [4.69, 9.17) is 27.8 Å². The number of hydrogen-bond donors (Lipinski definition) is 2. The number of primary amides is 1. The molecule has 6 heteroatoms. The van der Waals surface area contributed by atoms with Crippen LogP contribution < -0.4 is 11.5 Å². The highest BCUT2D eigenvalue weighted by Gasteiger charge is 2.19. The number of esters is 1. The predicted molar refractivity (Wildman–Crippen MR) is 59.9 cm³/mol. The Morgan fingerprint density at radius 1 is 1.44 bits per heavy atom. The molecule has 0 heterocycles. The maximum absolute atomic E-state index is 11.6. The summed E-state index contributed by atoms with van der Waals surface area (Å²) < 4.78 is 4.78. The SMILES string of the molecule is CC(OC(=O)c1cccc(N)c1Cl)C(N)=O. The number of nitrogen functional groups attached to an aromatic ring is 1. The Balaban J connectivity index is 2.89. The van der Waals surface area contributed by atoms with Gasteiger partial charge in [-0.1, -0.05) is 17.7 Å². The number of nitrogens with two attached hydrogens (primary N) is 2. The quantitative estimate of drug-likeness (QED) is 0.609. The molecule has 1 rings (SSSR count). The van der Waals surface area contributed by atoms with Gasteiger partial charge in [-0.05, 0) is 19.1 Å². The van der Waals surface area contributed by atoms with Gasteiger partial charge in [-0.15, -0.1) is 0 Å². The second-order valence-corrected chi connectivity index (χ2v) is 3.54. The van der Waals surface area contributed by atoms with Crippen molar-refractivity contribution < 1.29 is 14.3 Å². The number of benzene rings is 1. The molecule has 0 aliphatic heterocycles. The zero-order chi connectivity index (χ0) is 12.3. The first-order valence-corrected chi connectivity index (χ1v) is 4.85. The molecule has 4 N–H and O–H groups in total. The lowest BCUT2D eigenvalue weighted by Gasteiger charge is -2.10. The fourth-order valence-corrected chi connectivity index (χ4v) is 1.19. The van der Waals surface area contributed by atoms with Crippen LogP contribution in [0.15, 0.2) is 18.2 Å². The summed E-state index contributed by atoms with van der Waals surface area (Å²) in [5.74, 6) is -1.46. The molecule has 1 atom stereocenters. The van der Waals surface area contributed by atoms with E-state index in [1.807, 2.05) is 0 Å². The highest BCUT2D eigenvalue weighted by molar-refractivity contribution is 6.36. The fourth-order valence-electron chi connectivity index (χ4n) is 0.990. The number of halogens is 1. The number of hydrogen-bond acceptors (Lipinski definition) is 4. The smallest absolute Gasteiger partial charge is 0.340 e. The third-order valence-corrected chi connectivity index (χ3v) is 2.35. The summed E-state index contributed by atoms with van der Waals surface area (Å²) in [6, 6.07) is 4.57.